The molecule has 2 amide bonds. The van der Waals surface area contributed by atoms with Crippen molar-refractivity contribution in [1.29, 1.82) is 0 Å². The third kappa shape index (κ3) is 2.95. The van der Waals surface area contributed by atoms with Gasteiger partial charge in [0.1, 0.15) is 0 Å². The number of imide groups is 1. The van der Waals surface area contributed by atoms with Gasteiger partial charge in [-0.15, -0.1) is 0 Å². The Kier molecular flexibility index (Phi) is 4.20. The SMILES string of the molecule is O=C1c2ccccc2C(=O)N1C/C=C/c1ccc(-c2ccccc2)cc1. The van der Waals surface area contributed by atoms with E-state index >= 15 is 0 Å². The van der Waals surface area contributed by atoms with Gasteiger partial charge in [-0.3, -0.25) is 14.5 Å². The van der Waals surface area contributed by atoms with Crippen molar-refractivity contribution in [3.05, 3.63) is 102 Å². The number of carbonyl (C=O) groups is 2. The summed E-state index contributed by atoms with van der Waals surface area (Å²) in [6.45, 7) is 0.271. The Balaban J connectivity index is 1.45. The second-order valence-electron chi connectivity index (χ2n) is 6.16. The summed E-state index contributed by atoms with van der Waals surface area (Å²) in [7, 11) is 0. The van der Waals surface area contributed by atoms with Crippen molar-refractivity contribution in [2.75, 3.05) is 6.54 Å². The molecular weight excluding hydrogens is 322 g/mol. The molecule has 26 heavy (non-hydrogen) atoms. The van der Waals surface area contributed by atoms with E-state index in [1.54, 1.807) is 24.3 Å². The lowest BCUT2D eigenvalue weighted by Gasteiger charge is -2.10. The molecule has 126 valence electrons. The van der Waals surface area contributed by atoms with Gasteiger partial charge >= 0.3 is 0 Å². The van der Waals surface area contributed by atoms with Gasteiger partial charge in [-0.05, 0) is 28.8 Å². The van der Waals surface area contributed by atoms with Gasteiger partial charge in [0.05, 0.1) is 11.1 Å². The van der Waals surface area contributed by atoms with Crippen LogP contribution in [0.2, 0.25) is 0 Å². The summed E-state index contributed by atoms with van der Waals surface area (Å²) in [5.41, 5.74) is 4.33. The second kappa shape index (κ2) is 6.81. The van der Waals surface area contributed by atoms with E-state index in [1.165, 1.54) is 10.5 Å². The van der Waals surface area contributed by atoms with E-state index in [0.717, 1.165) is 11.1 Å². The summed E-state index contributed by atoms with van der Waals surface area (Å²) in [5.74, 6) is -0.454. The summed E-state index contributed by atoms with van der Waals surface area (Å²) in [6, 6.07) is 25.3. The number of hydrogen-bond donors (Lipinski definition) is 0. The Morgan fingerprint density at radius 3 is 1.81 bits per heavy atom. The molecule has 1 heterocycles. The van der Waals surface area contributed by atoms with Crippen LogP contribution in [-0.4, -0.2) is 23.3 Å². The van der Waals surface area contributed by atoms with Gasteiger partial charge in [0.15, 0.2) is 0 Å². The average Bonchev–Trinajstić information content (AvgIpc) is 2.94. The summed E-state index contributed by atoms with van der Waals surface area (Å²) >= 11 is 0. The molecule has 3 aromatic rings. The van der Waals surface area contributed by atoms with Gasteiger partial charge in [-0.1, -0.05) is 78.9 Å². The molecule has 1 aliphatic heterocycles. The maximum atomic E-state index is 12.3. The lowest BCUT2D eigenvalue weighted by Crippen LogP contribution is -2.29. The molecular formula is C23H17NO2. The summed E-state index contributed by atoms with van der Waals surface area (Å²) in [4.78, 5) is 25.9. The van der Waals surface area contributed by atoms with Crippen LogP contribution >= 0.6 is 0 Å². The molecule has 0 fully saturated rings. The van der Waals surface area contributed by atoms with E-state index in [0.29, 0.717) is 11.1 Å². The monoisotopic (exact) mass is 339 g/mol. The van der Waals surface area contributed by atoms with Crippen LogP contribution in [0.1, 0.15) is 26.3 Å². The predicted octanol–water partition coefficient (Wildman–Crippen LogP) is 4.66. The molecule has 3 heteroatoms. The fourth-order valence-electron chi connectivity index (χ4n) is 3.12. The number of nitrogens with zero attached hydrogens (tertiary/aromatic N) is 1. The van der Waals surface area contributed by atoms with Crippen LogP contribution in [0.3, 0.4) is 0 Å². The van der Waals surface area contributed by atoms with Crippen molar-refractivity contribution in [3.8, 4) is 11.1 Å². The Labute approximate surface area is 152 Å². The van der Waals surface area contributed by atoms with E-state index in [-0.39, 0.29) is 18.4 Å². The van der Waals surface area contributed by atoms with Crippen LogP contribution in [0.4, 0.5) is 0 Å². The summed E-state index contributed by atoms with van der Waals surface area (Å²) in [6.07, 6.45) is 3.78. The summed E-state index contributed by atoms with van der Waals surface area (Å²) in [5, 5.41) is 0. The lowest BCUT2D eigenvalue weighted by molar-refractivity contribution is 0.0672. The first-order valence-electron chi connectivity index (χ1n) is 8.51. The van der Waals surface area contributed by atoms with Crippen LogP contribution in [0.15, 0.2) is 84.9 Å². The van der Waals surface area contributed by atoms with Crippen LogP contribution in [0, 0.1) is 0 Å². The van der Waals surface area contributed by atoms with Crippen molar-refractivity contribution in [2.24, 2.45) is 0 Å². The van der Waals surface area contributed by atoms with Crippen molar-refractivity contribution < 1.29 is 9.59 Å². The van der Waals surface area contributed by atoms with E-state index in [1.807, 2.05) is 42.5 Å². The van der Waals surface area contributed by atoms with Crippen molar-refractivity contribution in [2.45, 2.75) is 0 Å². The molecule has 0 saturated carbocycles. The van der Waals surface area contributed by atoms with Crippen LogP contribution in [-0.2, 0) is 0 Å². The Hall–Kier alpha value is -3.46. The van der Waals surface area contributed by atoms with Gasteiger partial charge in [-0.2, -0.15) is 0 Å². The van der Waals surface area contributed by atoms with Gasteiger partial charge < -0.3 is 0 Å². The van der Waals surface area contributed by atoms with E-state index in [2.05, 4.69) is 24.3 Å². The average molecular weight is 339 g/mol. The maximum absolute atomic E-state index is 12.3. The summed E-state index contributed by atoms with van der Waals surface area (Å²) < 4.78 is 0. The van der Waals surface area contributed by atoms with Gasteiger partial charge in [0, 0.05) is 6.54 Å². The molecule has 0 unspecified atom stereocenters. The predicted molar refractivity (Wildman–Crippen MR) is 103 cm³/mol. The molecule has 4 rings (SSSR count). The smallest absolute Gasteiger partial charge is 0.261 e. The van der Waals surface area contributed by atoms with Gasteiger partial charge in [-0.25, -0.2) is 0 Å². The largest absolute Gasteiger partial charge is 0.270 e. The topological polar surface area (TPSA) is 37.4 Å². The minimum atomic E-state index is -0.227. The highest BCUT2D eigenvalue weighted by Gasteiger charge is 2.33. The number of amides is 2. The number of benzene rings is 3. The maximum Gasteiger partial charge on any atom is 0.261 e. The minimum Gasteiger partial charge on any atom is -0.270 e. The minimum absolute atomic E-state index is 0.227. The van der Waals surface area contributed by atoms with E-state index in [9.17, 15) is 9.59 Å². The highest BCUT2D eigenvalue weighted by atomic mass is 16.2. The van der Waals surface area contributed by atoms with Crippen molar-refractivity contribution in [3.63, 3.8) is 0 Å². The van der Waals surface area contributed by atoms with Crippen LogP contribution in [0.5, 0.6) is 0 Å². The van der Waals surface area contributed by atoms with Crippen LogP contribution < -0.4 is 0 Å². The molecule has 0 radical (unpaired) electrons. The fraction of sp³-hybridized carbons (Fsp3) is 0.0435. The van der Waals surface area contributed by atoms with E-state index < -0.39 is 0 Å². The first-order chi connectivity index (χ1) is 12.7. The molecule has 0 spiro atoms. The lowest BCUT2D eigenvalue weighted by atomic mass is 10.0. The van der Waals surface area contributed by atoms with Crippen molar-refractivity contribution in [1.82, 2.24) is 4.90 Å². The molecule has 3 nitrogen and oxygen atoms in total. The zero-order chi connectivity index (χ0) is 17.9. The second-order valence-corrected chi connectivity index (χ2v) is 6.16. The Morgan fingerprint density at radius 2 is 1.19 bits per heavy atom. The molecule has 1 aliphatic rings. The van der Waals surface area contributed by atoms with Gasteiger partial charge in [0.25, 0.3) is 11.8 Å². The zero-order valence-corrected chi connectivity index (χ0v) is 14.1. The zero-order valence-electron chi connectivity index (χ0n) is 14.1. The van der Waals surface area contributed by atoms with Crippen molar-refractivity contribution >= 4 is 17.9 Å². The molecule has 0 bridgehead atoms. The standard InChI is InChI=1S/C23H17NO2/c25-22-20-10-4-5-11-21(20)23(26)24(22)16-6-7-17-12-14-19(15-13-17)18-8-2-1-3-9-18/h1-15H,16H2/b7-6+. The Morgan fingerprint density at radius 1 is 0.654 bits per heavy atom. The fourth-order valence-corrected chi connectivity index (χ4v) is 3.12. The third-order valence-electron chi connectivity index (χ3n) is 4.49. The first kappa shape index (κ1) is 16.0. The molecule has 0 aromatic heterocycles. The highest BCUT2D eigenvalue weighted by molar-refractivity contribution is 6.21. The number of fused-ring (bicyclic) bond motifs is 1. The third-order valence-corrected chi connectivity index (χ3v) is 4.49. The molecule has 0 N–H and O–H groups in total. The molecule has 0 aliphatic carbocycles. The first-order valence-corrected chi connectivity index (χ1v) is 8.51. The normalized spacial score (nSPS) is 13.5. The van der Waals surface area contributed by atoms with Crippen LogP contribution in [0.25, 0.3) is 17.2 Å². The van der Waals surface area contributed by atoms with Gasteiger partial charge in [0.2, 0.25) is 0 Å². The van der Waals surface area contributed by atoms with E-state index in [4.69, 9.17) is 0 Å². The quantitative estimate of drug-likeness (QED) is 0.648. The number of rotatable bonds is 4. The number of carbonyl (C=O) groups excluding carboxylic acids is 2. The highest BCUT2D eigenvalue weighted by Crippen LogP contribution is 2.23. The molecule has 3 aromatic carbocycles. The Bertz CT molecular complexity index is 953. The number of hydrogen-bond acceptors (Lipinski definition) is 2. The molecule has 0 atom stereocenters. The molecule has 0 saturated heterocycles.